The minimum absolute atomic E-state index is 0.119. The Bertz CT molecular complexity index is 1110. The number of imidazole rings is 1. The molecule has 1 aromatic carbocycles. The summed E-state index contributed by atoms with van der Waals surface area (Å²) in [7, 11) is 0. The number of nitrogen functional groups attached to an aromatic ring is 1. The average Bonchev–Trinajstić information content (AvgIpc) is 3.34. The van der Waals surface area contributed by atoms with E-state index in [2.05, 4.69) is 49.7 Å². The molecule has 2 aliphatic rings. The lowest BCUT2D eigenvalue weighted by Gasteiger charge is -2.23. The van der Waals surface area contributed by atoms with E-state index in [-0.39, 0.29) is 18.2 Å². The molecule has 1 aliphatic heterocycles. The topological polar surface area (TPSA) is 97.3 Å². The smallest absolute Gasteiger partial charge is 0.166 e. The maximum absolute atomic E-state index is 6.31. The second-order valence-corrected chi connectivity index (χ2v) is 9.06. The lowest BCUT2D eigenvalue weighted by Crippen LogP contribution is -2.28. The Morgan fingerprint density at radius 1 is 1.13 bits per heavy atom. The zero-order valence-corrected chi connectivity index (χ0v) is 18.8. The summed E-state index contributed by atoms with van der Waals surface area (Å²) in [5.74, 6) is -0.317. The summed E-state index contributed by atoms with van der Waals surface area (Å²) in [6.45, 7) is 4.88. The highest BCUT2D eigenvalue weighted by molar-refractivity contribution is 14.1. The molecular formula is C21H22IN5O3. The molecule has 3 aromatic rings. The van der Waals surface area contributed by atoms with Gasteiger partial charge < -0.3 is 24.5 Å². The molecule has 5 rings (SSSR count). The SMILES string of the molecule is CC1(C)O[C@@H]2[C@H](O1)C(COCc1ccccc1)=C(I)[C@H]2n1cnc2c(N)ncnc21. The summed E-state index contributed by atoms with van der Waals surface area (Å²) < 4.78 is 21.7. The molecule has 156 valence electrons. The molecule has 1 saturated heterocycles. The predicted molar refractivity (Wildman–Crippen MR) is 120 cm³/mol. The molecule has 3 atom stereocenters. The number of benzene rings is 1. The molecule has 8 nitrogen and oxygen atoms in total. The van der Waals surface area contributed by atoms with E-state index in [4.69, 9.17) is 19.9 Å². The summed E-state index contributed by atoms with van der Waals surface area (Å²) in [5.41, 5.74) is 9.48. The molecule has 2 aromatic heterocycles. The second-order valence-electron chi connectivity index (χ2n) is 7.90. The van der Waals surface area contributed by atoms with Gasteiger partial charge in [-0.3, -0.25) is 0 Å². The largest absolute Gasteiger partial charge is 0.382 e. The first-order chi connectivity index (χ1) is 14.4. The average molecular weight is 519 g/mol. The number of nitrogens with zero attached hydrogens (tertiary/aromatic N) is 4. The monoisotopic (exact) mass is 519 g/mol. The maximum atomic E-state index is 6.31. The summed E-state index contributed by atoms with van der Waals surface area (Å²) in [6, 6.07) is 10.0. The minimum atomic E-state index is -0.681. The third-order valence-electron chi connectivity index (χ3n) is 5.41. The van der Waals surface area contributed by atoms with Crippen LogP contribution in [-0.2, 0) is 20.8 Å². The molecule has 0 unspecified atom stereocenters. The molecule has 0 bridgehead atoms. The third-order valence-corrected chi connectivity index (χ3v) is 6.74. The molecule has 2 N–H and O–H groups in total. The van der Waals surface area contributed by atoms with Crippen LogP contribution in [0.3, 0.4) is 0 Å². The van der Waals surface area contributed by atoms with E-state index >= 15 is 0 Å². The van der Waals surface area contributed by atoms with Crippen molar-refractivity contribution >= 4 is 39.6 Å². The van der Waals surface area contributed by atoms with Crippen molar-refractivity contribution in [1.82, 2.24) is 19.5 Å². The molecule has 3 heterocycles. The van der Waals surface area contributed by atoms with E-state index in [9.17, 15) is 0 Å². The van der Waals surface area contributed by atoms with E-state index in [1.165, 1.54) is 6.33 Å². The Balaban J connectivity index is 1.47. The summed E-state index contributed by atoms with van der Waals surface area (Å²) >= 11 is 2.37. The highest BCUT2D eigenvalue weighted by Gasteiger charge is 2.53. The van der Waals surface area contributed by atoms with Crippen LogP contribution >= 0.6 is 22.6 Å². The molecule has 0 saturated carbocycles. The van der Waals surface area contributed by atoms with Crippen LogP contribution in [0.25, 0.3) is 11.2 Å². The number of hydrogen-bond acceptors (Lipinski definition) is 7. The fourth-order valence-electron chi connectivity index (χ4n) is 4.12. The second kappa shape index (κ2) is 7.56. The normalized spacial score (nSPS) is 25.2. The number of hydrogen-bond donors (Lipinski definition) is 1. The fraction of sp³-hybridized carbons (Fsp3) is 0.381. The number of halogens is 1. The van der Waals surface area contributed by atoms with Crippen LogP contribution in [0.15, 0.2) is 52.1 Å². The standard InChI is InChI=1S/C21H22IN5O3/c1-21(2)29-17-13(9-28-8-12-6-4-3-5-7-12)14(22)16(18(17)30-21)27-11-26-15-19(23)24-10-25-20(15)27/h3-7,10-11,16-18H,8-9H2,1-2H3,(H2,23,24,25)/t16-,17-,18+/m1/s1. The zero-order chi connectivity index (χ0) is 20.9. The van der Waals surface area contributed by atoms with Crippen LogP contribution in [0, 0.1) is 0 Å². The van der Waals surface area contributed by atoms with Gasteiger partial charge in [0.1, 0.15) is 24.1 Å². The Hall–Kier alpha value is -2.08. The lowest BCUT2D eigenvalue weighted by atomic mass is 10.1. The summed E-state index contributed by atoms with van der Waals surface area (Å²) in [5, 5.41) is 0. The summed E-state index contributed by atoms with van der Waals surface area (Å²) in [6.07, 6.45) is 2.82. The maximum Gasteiger partial charge on any atom is 0.166 e. The van der Waals surface area contributed by atoms with Gasteiger partial charge in [-0.05, 0) is 47.6 Å². The van der Waals surface area contributed by atoms with Gasteiger partial charge in [0.15, 0.2) is 17.3 Å². The first-order valence-electron chi connectivity index (χ1n) is 9.73. The Morgan fingerprint density at radius 2 is 1.93 bits per heavy atom. The molecular weight excluding hydrogens is 497 g/mol. The van der Waals surface area contributed by atoms with Gasteiger partial charge in [-0.1, -0.05) is 30.3 Å². The van der Waals surface area contributed by atoms with Crippen LogP contribution in [0.2, 0.25) is 0 Å². The molecule has 30 heavy (non-hydrogen) atoms. The van der Waals surface area contributed by atoms with Crippen LogP contribution in [0.4, 0.5) is 5.82 Å². The van der Waals surface area contributed by atoms with Gasteiger partial charge in [0, 0.05) is 3.58 Å². The van der Waals surface area contributed by atoms with Crippen molar-refractivity contribution < 1.29 is 14.2 Å². The predicted octanol–water partition coefficient (Wildman–Crippen LogP) is 3.39. The van der Waals surface area contributed by atoms with Gasteiger partial charge in [-0.25, -0.2) is 15.0 Å². The quantitative estimate of drug-likeness (QED) is 0.517. The van der Waals surface area contributed by atoms with Crippen LogP contribution in [0.5, 0.6) is 0 Å². The van der Waals surface area contributed by atoms with Gasteiger partial charge in [-0.15, -0.1) is 0 Å². The van der Waals surface area contributed by atoms with Crippen molar-refractivity contribution in [3.8, 4) is 0 Å². The van der Waals surface area contributed by atoms with Crippen LogP contribution in [-0.4, -0.2) is 44.1 Å². The molecule has 0 spiro atoms. The van der Waals surface area contributed by atoms with Gasteiger partial charge in [0.05, 0.1) is 25.6 Å². The molecule has 0 radical (unpaired) electrons. The van der Waals surface area contributed by atoms with Crippen molar-refractivity contribution in [2.24, 2.45) is 0 Å². The Kier molecular flexibility index (Phi) is 5.00. The number of ether oxygens (including phenoxy) is 3. The number of aromatic nitrogens is 4. The fourth-order valence-corrected chi connectivity index (χ4v) is 5.23. The van der Waals surface area contributed by atoms with Crippen molar-refractivity contribution in [2.75, 3.05) is 12.3 Å². The first-order valence-corrected chi connectivity index (χ1v) is 10.8. The van der Waals surface area contributed by atoms with Crippen LogP contribution < -0.4 is 5.73 Å². The zero-order valence-electron chi connectivity index (χ0n) is 16.7. The van der Waals surface area contributed by atoms with Crippen molar-refractivity contribution in [1.29, 1.82) is 0 Å². The molecule has 1 aliphatic carbocycles. The van der Waals surface area contributed by atoms with Gasteiger partial charge in [0.25, 0.3) is 0 Å². The van der Waals surface area contributed by atoms with E-state index in [1.807, 2.05) is 36.6 Å². The third kappa shape index (κ3) is 3.39. The number of anilines is 1. The number of rotatable bonds is 5. The number of fused-ring (bicyclic) bond motifs is 2. The van der Waals surface area contributed by atoms with E-state index in [0.29, 0.717) is 30.2 Å². The summed E-state index contributed by atoms with van der Waals surface area (Å²) in [4.78, 5) is 12.9. The van der Waals surface area contributed by atoms with Gasteiger partial charge >= 0.3 is 0 Å². The Morgan fingerprint density at radius 3 is 2.73 bits per heavy atom. The molecule has 9 heteroatoms. The lowest BCUT2D eigenvalue weighted by molar-refractivity contribution is -0.148. The van der Waals surface area contributed by atoms with Gasteiger partial charge in [-0.2, -0.15) is 0 Å². The first kappa shape index (κ1) is 19.9. The van der Waals surface area contributed by atoms with E-state index < -0.39 is 5.79 Å². The van der Waals surface area contributed by atoms with Crippen molar-refractivity contribution in [3.63, 3.8) is 0 Å². The van der Waals surface area contributed by atoms with E-state index in [0.717, 1.165) is 14.7 Å². The number of nitrogens with two attached hydrogens (primary N) is 1. The highest BCUT2D eigenvalue weighted by atomic mass is 127. The molecule has 0 amide bonds. The van der Waals surface area contributed by atoms with Crippen molar-refractivity contribution in [2.45, 2.75) is 44.5 Å². The van der Waals surface area contributed by atoms with Crippen molar-refractivity contribution in [3.05, 3.63) is 57.7 Å². The van der Waals surface area contributed by atoms with Crippen LogP contribution in [0.1, 0.15) is 25.5 Å². The highest BCUT2D eigenvalue weighted by Crippen LogP contribution is 2.50. The Labute approximate surface area is 187 Å². The minimum Gasteiger partial charge on any atom is -0.382 e. The van der Waals surface area contributed by atoms with Gasteiger partial charge in [0.2, 0.25) is 0 Å². The molecule has 1 fully saturated rings. The van der Waals surface area contributed by atoms with E-state index in [1.54, 1.807) is 6.33 Å².